The van der Waals surface area contributed by atoms with Crippen LogP contribution in [0, 0.1) is 6.92 Å². The molecule has 19 heavy (non-hydrogen) atoms. The minimum atomic E-state index is -0.100. The van der Waals surface area contributed by atoms with Crippen molar-refractivity contribution in [2.45, 2.75) is 20.4 Å². The average Bonchev–Trinajstić information content (AvgIpc) is 2.82. The van der Waals surface area contributed by atoms with Gasteiger partial charge in [-0.3, -0.25) is 4.79 Å². The molecule has 3 nitrogen and oxygen atoms in total. The fraction of sp³-hybridized carbons (Fsp3) is 0.267. The van der Waals surface area contributed by atoms with Crippen LogP contribution in [0.15, 0.2) is 35.7 Å². The van der Waals surface area contributed by atoms with Crippen molar-refractivity contribution in [1.29, 1.82) is 0 Å². The molecule has 0 spiro atoms. The Hall–Kier alpha value is -1.81. The van der Waals surface area contributed by atoms with Crippen molar-refractivity contribution in [3.8, 4) is 5.75 Å². The van der Waals surface area contributed by atoms with Crippen molar-refractivity contribution in [3.63, 3.8) is 0 Å². The molecule has 0 atom stereocenters. The van der Waals surface area contributed by atoms with Crippen LogP contribution < -0.4 is 10.1 Å². The highest BCUT2D eigenvalue weighted by molar-refractivity contribution is 7.10. The van der Waals surface area contributed by atoms with Crippen molar-refractivity contribution >= 4 is 17.2 Å². The lowest BCUT2D eigenvalue weighted by Gasteiger charge is -2.10. The SMILES string of the molecule is CCOc1ccccc1C(=O)NCc1sccc1C. The Morgan fingerprint density at radius 1 is 1.32 bits per heavy atom. The molecular weight excluding hydrogens is 258 g/mol. The largest absolute Gasteiger partial charge is 0.493 e. The zero-order valence-electron chi connectivity index (χ0n) is 11.1. The Bertz CT molecular complexity index is 563. The van der Waals surface area contributed by atoms with Crippen LogP contribution in [0.5, 0.6) is 5.75 Å². The summed E-state index contributed by atoms with van der Waals surface area (Å²) in [5, 5.41) is 4.97. The number of rotatable bonds is 5. The third-order valence-electron chi connectivity index (χ3n) is 2.81. The normalized spacial score (nSPS) is 10.2. The summed E-state index contributed by atoms with van der Waals surface area (Å²) in [7, 11) is 0. The Kier molecular flexibility index (Phi) is 4.58. The number of carbonyl (C=O) groups excluding carboxylic acids is 1. The summed E-state index contributed by atoms with van der Waals surface area (Å²) in [5.41, 5.74) is 1.79. The molecule has 1 aromatic heterocycles. The second kappa shape index (κ2) is 6.38. The highest BCUT2D eigenvalue weighted by atomic mass is 32.1. The molecule has 2 aromatic rings. The Labute approximate surface area is 117 Å². The van der Waals surface area contributed by atoms with Crippen LogP contribution in [0.2, 0.25) is 0 Å². The van der Waals surface area contributed by atoms with E-state index in [0.717, 1.165) is 0 Å². The second-order valence-electron chi connectivity index (χ2n) is 4.14. The summed E-state index contributed by atoms with van der Waals surface area (Å²) in [6.45, 7) is 5.06. The predicted octanol–water partition coefficient (Wildman–Crippen LogP) is 3.39. The van der Waals surface area contributed by atoms with Gasteiger partial charge in [-0.2, -0.15) is 0 Å². The third kappa shape index (κ3) is 3.35. The summed E-state index contributed by atoms with van der Waals surface area (Å²) in [4.78, 5) is 13.3. The van der Waals surface area contributed by atoms with Gasteiger partial charge in [-0.1, -0.05) is 12.1 Å². The van der Waals surface area contributed by atoms with Crippen molar-refractivity contribution in [3.05, 3.63) is 51.7 Å². The molecule has 0 saturated heterocycles. The van der Waals surface area contributed by atoms with Crippen molar-refractivity contribution in [2.24, 2.45) is 0 Å². The number of thiophene rings is 1. The van der Waals surface area contributed by atoms with Gasteiger partial charge in [-0.05, 0) is 43.0 Å². The Morgan fingerprint density at radius 2 is 2.11 bits per heavy atom. The van der Waals surface area contributed by atoms with Crippen molar-refractivity contribution in [2.75, 3.05) is 6.61 Å². The minimum absolute atomic E-state index is 0.100. The first kappa shape index (κ1) is 13.6. The van der Waals surface area contributed by atoms with Crippen molar-refractivity contribution in [1.82, 2.24) is 5.32 Å². The molecule has 0 aliphatic carbocycles. The molecule has 1 aromatic carbocycles. The smallest absolute Gasteiger partial charge is 0.255 e. The molecule has 100 valence electrons. The number of benzene rings is 1. The number of carbonyl (C=O) groups is 1. The minimum Gasteiger partial charge on any atom is -0.493 e. The maximum absolute atomic E-state index is 12.2. The zero-order valence-corrected chi connectivity index (χ0v) is 11.9. The van der Waals surface area contributed by atoms with Crippen LogP contribution >= 0.6 is 11.3 Å². The van der Waals surface area contributed by atoms with Gasteiger partial charge in [0.2, 0.25) is 0 Å². The standard InChI is InChI=1S/C15H17NO2S/c1-3-18-13-7-5-4-6-12(13)15(17)16-10-14-11(2)8-9-19-14/h4-9H,3,10H2,1-2H3,(H,16,17). The maximum Gasteiger partial charge on any atom is 0.255 e. The van der Waals surface area contributed by atoms with Crippen molar-refractivity contribution < 1.29 is 9.53 Å². The van der Waals surface area contributed by atoms with E-state index in [1.54, 1.807) is 17.4 Å². The number of para-hydroxylation sites is 1. The summed E-state index contributed by atoms with van der Waals surface area (Å²) in [5.74, 6) is 0.530. The number of hydrogen-bond donors (Lipinski definition) is 1. The molecule has 1 amide bonds. The Balaban J connectivity index is 2.06. The molecular formula is C15H17NO2S. The van der Waals surface area contributed by atoms with E-state index in [-0.39, 0.29) is 5.91 Å². The lowest BCUT2D eigenvalue weighted by molar-refractivity contribution is 0.0947. The number of nitrogens with one attached hydrogen (secondary N) is 1. The monoisotopic (exact) mass is 275 g/mol. The average molecular weight is 275 g/mol. The quantitative estimate of drug-likeness (QED) is 0.908. The summed E-state index contributed by atoms with van der Waals surface area (Å²) in [6.07, 6.45) is 0. The van der Waals surface area contributed by atoms with Crippen LogP contribution in [0.25, 0.3) is 0 Å². The van der Waals surface area contributed by atoms with Crippen LogP contribution in [-0.4, -0.2) is 12.5 Å². The van der Waals surface area contributed by atoms with Gasteiger partial charge < -0.3 is 10.1 Å². The van der Waals surface area contributed by atoms with E-state index in [2.05, 4.69) is 11.4 Å². The molecule has 0 unspecified atom stereocenters. The summed E-state index contributed by atoms with van der Waals surface area (Å²) in [6, 6.07) is 9.36. The fourth-order valence-corrected chi connectivity index (χ4v) is 2.62. The van der Waals surface area contributed by atoms with E-state index < -0.39 is 0 Å². The first-order chi connectivity index (χ1) is 9.22. The predicted molar refractivity (Wildman–Crippen MR) is 77.8 cm³/mol. The van der Waals surface area contributed by atoms with Gasteiger partial charge in [0.25, 0.3) is 5.91 Å². The van der Waals surface area contributed by atoms with Crippen LogP contribution in [0.1, 0.15) is 27.7 Å². The van der Waals surface area contributed by atoms with Gasteiger partial charge in [-0.15, -0.1) is 11.3 Å². The molecule has 0 fully saturated rings. The van der Waals surface area contributed by atoms with Crippen LogP contribution in [-0.2, 0) is 6.54 Å². The highest BCUT2D eigenvalue weighted by Gasteiger charge is 2.12. The molecule has 1 heterocycles. The lowest BCUT2D eigenvalue weighted by Crippen LogP contribution is -2.23. The number of aryl methyl sites for hydroxylation is 1. The molecule has 0 aliphatic heterocycles. The Morgan fingerprint density at radius 3 is 2.79 bits per heavy atom. The first-order valence-electron chi connectivity index (χ1n) is 6.25. The molecule has 1 N–H and O–H groups in total. The zero-order chi connectivity index (χ0) is 13.7. The van der Waals surface area contributed by atoms with Gasteiger partial charge in [0.05, 0.1) is 18.7 Å². The van der Waals surface area contributed by atoms with E-state index in [4.69, 9.17) is 4.74 Å². The second-order valence-corrected chi connectivity index (χ2v) is 5.14. The molecule has 4 heteroatoms. The van der Waals surface area contributed by atoms with Crippen LogP contribution in [0.3, 0.4) is 0 Å². The number of ether oxygens (including phenoxy) is 1. The molecule has 2 rings (SSSR count). The first-order valence-corrected chi connectivity index (χ1v) is 7.13. The third-order valence-corrected chi connectivity index (χ3v) is 3.83. The molecule has 0 aliphatic rings. The summed E-state index contributed by atoms with van der Waals surface area (Å²) < 4.78 is 5.46. The molecule has 0 bridgehead atoms. The maximum atomic E-state index is 12.2. The lowest BCUT2D eigenvalue weighted by atomic mass is 10.2. The van der Waals surface area contributed by atoms with Gasteiger partial charge in [-0.25, -0.2) is 0 Å². The van der Waals surface area contributed by atoms with E-state index in [9.17, 15) is 4.79 Å². The van der Waals surface area contributed by atoms with Gasteiger partial charge in [0, 0.05) is 4.88 Å². The highest BCUT2D eigenvalue weighted by Crippen LogP contribution is 2.19. The fourth-order valence-electron chi connectivity index (χ4n) is 1.78. The summed E-state index contributed by atoms with van der Waals surface area (Å²) >= 11 is 1.66. The van der Waals surface area contributed by atoms with E-state index in [1.807, 2.05) is 37.4 Å². The van der Waals surface area contributed by atoms with E-state index in [0.29, 0.717) is 24.5 Å². The van der Waals surface area contributed by atoms with Gasteiger partial charge >= 0.3 is 0 Å². The topological polar surface area (TPSA) is 38.3 Å². The van der Waals surface area contributed by atoms with Crippen LogP contribution in [0.4, 0.5) is 0 Å². The number of amides is 1. The van der Waals surface area contributed by atoms with Gasteiger partial charge in [0.1, 0.15) is 5.75 Å². The molecule has 0 radical (unpaired) electrons. The van der Waals surface area contributed by atoms with E-state index in [1.165, 1.54) is 10.4 Å². The number of hydrogen-bond acceptors (Lipinski definition) is 3. The van der Waals surface area contributed by atoms with E-state index >= 15 is 0 Å². The molecule has 0 saturated carbocycles. The van der Waals surface area contributed by atoms with Gasteiger partial charge in [0.15, 0.2) is 0 Å².